The summed E-state index contributed by atoms with van der Waals surface area (Å²) in [5.74, 6) is 0.378. The first-order valence-electron chi connectivity index (χ1n) is 5.36. The van der Waals surface area contributed by atoms with Crippen LogP contribution in [0.4, 0.5) is 0 Å². The molecule has 0 spiro atoms. The van der Waals surface area contributed by atoms with E-state index >= 15 is 0 Å². The van der Waals surface area contributed by atoms with Crippen LogP contribution in [0, 0.1) is 12.8 Å². The number of aliphatic carboxylic acids is 1. The molecule has 2 heterocycles. The van der Waals surface area contributed by atoms with Crippen LogP contribution in [0.2, 0.25) is 0 Å². The highest BCUT2D eigenvalue weighted by molar-refractivity contribution is 5.67. The molecule has 0 amide bonds. The van der Waals surface area contributed by atoms with E-state index in [9.17, 15) is 4.79 Å². The lowest BCUT2D eigenvalue weighted by Crippen LogP contribution is -2.46. The summed E-state index contributed by atoms with van der Waals surface area (Å²) in [6.07, 6.45) is 2.03. The van der Waals surface area contributed by atoms with Crippen molar-refractivity contribution in [3.8, 4) is 0 Å². The third-order valence-corrected chi connectivity index (χ3v) is 2.72. The fourth-order valence-corrected chi connectivity index (χ4v) is 2.00. The molecular weight excluding hydrogens is 206 g/mol. The van der Waals surface area contributed by atoms with E-state index in [0.29, 0.717) is 5.92 Å². The predicted octanol–water partition coefficient (Wildman–Crippen LogP) is 0.692. The number of carboxylic acids is 1. The molecule has 1 aliphatic rings. The molecule has 1 aromatic rings. The van der Waals surface area contributed by atoms with E-state index in [4.69, 9.17) is 5.11 Å². The molecule has 0 saturated carbocycles. The van der Waals surface area contributed by atoms with Crippen LogP contribution < -0.4 is 0 Å². The van der Waals surface area contributed by atoms with Gasteiger partial charge in [0.05, 0.1) is 12.1 Å². The summed E-state index contributed by atoms with van der Waals surface area (Å²) < 4.78 is 0. The third-order valence-electron chi connectivity index (χ3n) is 2.72. The molecule has 1 aliphatic heterocycles. The maximum atomic E-state index is 10.5. The first-order chi connectivity index (χ1) is 7.63. The average molecular weight is 221 g/mol. The van der Waals surface area contributed by atoms with Crippen LogP contribution in [0.25, 0.3) is 0 Å². The van der Waals surface area contributed by atoms with Gasteiger partial charge in [0, 0.05) is 25.8 Å². The van der Waals surface area contributed by atoms with Crippen molar-refractivity contribution in [3.63, 3.8) is 0 Å². The summed E-state index contributed by atoms with van der Waals surface area (Å²) in [6, 6.07) is 1.90. The molecule has 16 heavy (non-hydrogen) atoms. The number of aromatic nitrogens is 2. The van der Waals surface area contributed by atoms with Crippen LogP contribution in [0.5, 0.6) is 0 Å². The maximum absolute atomic E-state index is 10.5. The van der Waals surface area contributed by atoms with E-state index in [0.717, 1.165) is 31.2 Å². The topological polar surface area (TPSA) is 66.3 Å². The zero-order chi connectivity index (χ0) is 11.5. The largest absolute Gasteiger partial charge is 0.481 e. The molecule has 1 N–H and O–H groups in total. The second-order valence-electron chi connectivity index (χ2n) is 4.25. The Labute approximate surface area is 94.1 Å². The number of hydrogen-bond donors (Lipinski definition) is 1. The maximum Gasteiger partial charge on any atom is 0.303 e. The summed E-state index contributed by atoms with van der Waals surface area (Å²) in [6.45, 7) is 4.37. The lowest BCUT2D eigenvalue weighted by Gasteiger charge is -2.38. The molecule has 0 radical (unpaired) electrons. The lowest BCUT2D eigenvalue weighted by atomic mass is 9.96. The number of hydrogen-bond acceptors (Lipinski definition) is 4. The van der Waals surface area contributed by atoms with Gasteiger partial charge >= 0.3 is 5.97 Å². The highest BCUT2D eigenvalue weighted by Crippen LogP contribution is 2.20. The molecule has 1 saturated heterocycles. The second-order valence-corrected chi connectivity index (χ2v) is 4.25. The van der Waals surface area contributed by atoms with Gasteiger partial charge in [0.1, 0.15) is 5.82 Å². The Kier molecular flexibility index (Phi) is 3.14. The molecule has 1 fully saturated rings. The van der Waals surface area contributed by atoms with Crippen LogP contribution in [-0.2, 0) is 11.3 Å². The van der Waals surface area contributed by atoms with Gasteiger partial charge in [-0.15, -0.1) is 0 Å². The van der Waals surface area contributed by atoms with Crippen molar-refractivity contribution in [1.29, 1.82) is 0 Å². The van der Waals surface area contributed by atoms with Gasteiger partial charge in [-0.1, -0.05) is 0 Å². The van der Waals surface area contributed by atoms with E-state index in [1.54, 1.807) is 6.20 Å². The van der Waals surface area contributed by atoms with E-state index in [1.807, 2.05) is 13.0 Å². The van der Waals surface area contributed by atoms with Gasteiger partial charge < -0.3 is 5.11 Å². The van der Waals surface area contributed by atoms with Crippen molar-refractivity contribution < 1.29 is 9.90 Å². The van der Waals surface area contributed by atoms with E-state index in [2.05, 4.69) is 14.9 Å². The Bertz CT molecular complexity index is 389. The molecule has 5 nitrogen and oxygen atoms in total. The van der Waals surface area contributed by atoms with Crippen molar-refractivity contribution in [2.24, 2.45) is 5.92 Å². The number of aryl methyl sites for hydroxylation is 1. The molecule has 1 aromatic heterocycles. The van der Waals surface area contributed by atoms with Crippen LogP contribution in [0.1, 0.15) is 17.9 Å². The highest BCUT2D eigenvalue weighted by atomic mass is 16.4. The number of nitrogens with zero attached hydrogens (tertiary/aromatic N) is 3. The summed E-state index contributed by atoms with van der Waals surface area (Å²) in [7, 11) is 0. The van der Waals surface area contributed by atoms with Gasteiger partial charge in [-0.2, -0.15) is 0 Å². The quantitative estimate of drug-likeness (QED) is 0.810. The van der Waals surface area contributed by atoms with E-state index in [1.165, 1.54) is 0 Å². The molecule has 0 unspecified atom stereocenters. The first-order valence-corrected chi connectivity index (χ1v) is 5.36. The van der Waals surface area contributed by atoms with Gasteiger partial charge in [0.15, 0.2) is 0 Å². The fraction of sp³-hybridized carbons (Fsp3) is 0.545. The molecule has 5 heteroatoms. The highest BCUT2D eigenvalue weighted by Gasteiger charge is 2.28. The minimum Gasteiger partial charge on any atom is -0.481 e. The van der Waals surface area contributed by atoms with Gasteiger partial charge in [0.2, 0.25) is 0 Å². The fourth-order valence-electron chi connectivity index (χ4n) is 2.00. The molecule has 0 atom stereocenters. The number of carboxylic acid groups (broad SMARTS) is 1. The monoisotopic (exact) mass is 221 g/mol. The Morgan fingerprint density at radius 1 is 1.62 bits per heavy atom. The molecule has 0 bridgehead atoms. The molecule has 0 aliphatic carbocycles. The second kappa shape index (κ2) is 4.57. The Morgan fingerprint density at radius 2 is 2.38 bits per heavy atom. The minimum absolute atomic E-state index is 0.277. The van der Waals surface area contributed by atoms with E-state index < -0.39 is 5.97 Å². The predicted molar refractivity (Wildman–Crippen MR) is 57.8 cm³/mol. The van der Waals surface area contributed by atoms with Crippen molar-refractivity contribution in [3.05, 3.63) is 23.8 Å². The SMILES string of the molecule is Cc1nccc(CN2CC(CC(=O)O)C2)n1. The van der Waals surface area contributed by atoms with Crippen molar-refractivity contribution in [2.75, 3.05) is 13.1 Å². The summed E-state index contributed by atoms with van der Waals surface area (Å²) >= 11 is 0. The van der Waals surface area contributed by atoms with Crippen molar-refractivity contribution in [2.45, 2.75) is 19.9 Å². The summed E-state index contributed by atoms with van der Waals surface area (Å²) in [5, 5.41) is 8.62. The first kappa shape index (κ1) is 11.0. The number of rotatable bonds is 4. The Morgan fingerprint density at radius 3 is 3.00 bits per heavy atom. The van der Waals surface area contributed by atoms with Crippen LogP contribution >= 0.6 is 0 Å². The smallest absolute Gasteiger partial charge is 0.303 e. The molecule has 0 aromatic carbocycles. The Hall–Kier alpha value is -1.49. The van der Waals surface area contributed by atoms with Gasteiger partial charge in [-0.3, -0.25) is 9.69 Å². The van der Waals surface area contributed by atoms with Crippen molar-refractivity contribution in [1.82, 2.24) is 14.9 Å². The van der Waals surface area contributed by atoms with Gasteiger partial charge in [-0.25, -0.2) is 9.97 Å². The zero-order valence-electron chi connectivity index (χ0n) is 9.26. The van der Waals surface area contributed by atoms with Gasteiger partial charge in [-0.05, 0) is 18.9 Å². The number of likely N-dealkylation sites (tertiary alicyclic amines) is 1. The minimum atomic E-state index is -0.706. The van der Waals surface area contributed by atoms with Crippen LogP contribution in [0.3, 0.4) is 0 Å². The molecular formula is C11H15N3O2. The van der Waals surface area contributed by atoms with Crippen LogP contribution in [0.15, 0.2) is 12.3 Å². The summed E-state index contributed by atoms with van der Waals surface area (Å²) in [4.78, 5) is 21.0. The van der Waals surface area contributed by atoms with Gasteiger partial charge in [0.25, 0.3) is 0 Å². The number of carbonyl (C=O) groups is 1. The van der Waals surface area contributed by atoms with E-state index in [-0.39, 0.29) is 6.42 Å². The van der Waals surface area contributed by atoms with Crippen molar-refractivity contribution >= 4 is 5.97 Å². The van der Waals surface area contributed by atoms with Crippen LogP contribution in [-0.4, -0.2) is 39.0 Å². The third kappa shape index (κ3) is 2.76. The molecule has 86 valence electrons. The Balaban J connectivity index is 1.79. The zero-order valence-corrected chi connectivity index (χ0v) is 9.26. The standard InChI is InChI=1S/C11H15N3O2/c1-8-12-3-2-10(13-8)7-14-5-9(6-14)4-11(15)16/h2-3,9H,4-7H2,1H3,(H,15,16). The normalized spacial score (nSPS) is 17.1. The summed E-state index contributed by atoms with van der Waals surface area (Å²) in [5.41, 5.74) is 1.00. The lowest BCUT2D eigenvalue weighted by molar-refractivity contribution is -0.139. The molecule has 2 rings (SSSR count). The average Bonchev–Trinajstić information content (AvgIpc) is 2.14.